The van der Waals surface area contributed by atoms with E-state index < -0.39 is 11.6 Å². The molecule has 0 saturated carbocycles. The molecular formula is C17H14F2N2O2S. The van der Waals surface area contributed by atoms with E-state index in [0.717, 1.165) is 17.0 Å². The summed E-state index contributed by atoms with van der Waals surface area (Å²) >= 11 is 1.34. The summed E-state index contributed by atoms with van der Waals surface area (Å²) in [6, 6.07) is 6.89. The molecule has 0 aliphatic rings. The lowest BCUT2D eigenvalue weighted by atomic mass is 10.2. The van der Waals surface area contributed by atoms with Crippen LogP contribution in [0.2, 0.25) is 0 Å². The first-order chi connectivity index (χ1) is 11.5. The van der Waals surface area contributed by atoms with E-state index in [1.165, 1.54) is 28.6 Å². The first-order valence-corrected chi connectivity index (χ1v) is 8.11. The van der Waals surface area contributed by atoms with Gasteiger partial charge < -0.3 is 9.32 Å². The van der Waals surface area contributed by atoms with Crippen LogP contribution < -0.4 is 4.90 Å². The van der Waals surface area contributed by atoms with Crippen LogP contribution in [0.5, 0.6) is 0 Å². The summed E-state index contributed by atoms with van der Waals surface area (Å²) in [5.41, 5.74) is 0.561. The topological polar surface area (TPSA) is 46.3 Å². The molecule has 1 aromatic carbocycles. The number of nitrogens with zero attached hydrogens (tertiary/aromatic N) is 2. The Bertz CT molecular complexity index is 875. The van der Waals surface area contributed by atoms with Crippen LogP contribution in [0.4, 0.5) is 14.5 Å². The van der Waals surface area contributed by atoms with Crippen molar-refractivity contribution >= 4 is 22.9 Å². The second-order valence-electron chi connectivity index (χ2n) is 5.05. The molecule has 0 atom stereocenters. The van der Waals surface area contributed by atoms with Crippen LogP contribution >= 0.6 is 11.3 Å². The van der Waals surface area contributed by atoms with E-state index in [4.69, 9.17) is 4.42 Å². The Morgan fingerprint density at radius 2 is 2.08 bits per heavy atom. The first kappa shape index (κ1) is 16.3. The Hall–Kier alpha value is -2.54. The zero-order chi connectivity index (χ0) is 17.3. The first-order valence-electron chi connectivity index (χ1n) is 7.29. The number of amides is 1. The number of thiazole rings is 1. The number of furan rings is 1. The lowest BCUT2D eigenvalue weighted by Gasteiger charge is -2.20. The Balaban J connectivity index is 1.96. The number of rotatable bonds is 4. The van der Waals surface area contributed by atoms with Crippen molar-refractivity contribution in [1.82, 2.24) is 4.98 Å². The van der Waals surface area contributed by atoms with Gasteiger partial charge in [-0.2, -0.15) is 0 Å². The SMILES string of the molecule is CCN(C(=O)c1nc(-c2ccco2)sc1C)c1ccc(F)c(F)c1. The highest BCUT2D eigenvalue weighted by atomic mass is 32.1. The lowest BCUT2D eigenvalue weighted by Crippen LogP contribution is -2.31. The minimum Gasteiger partial charge on any atom is -0.462 e. The molecule has 2 aromatic heterocycles. The van der Waals surface area contributed by atoms with Crippen LogP contribution in [0.1, 0.15) is 22.3 Å². The van der Waals surface area contributed by atoms with Crippen LogP contribution in [-0.2, 0) is 0 Å². The average molecular weight is 348 g/mol. The number of anilines is 1. The molecule has 4 nitrogen and oxygen atoms in total. The summed E-state index contributed by atoms with van der Waals surface area (Å²) < 4.78 is 31.9. The molecule has 0 saturated heterocycles. The van der Waals surface area contributed by atoms with Gasteiger partial charge in [-0.3, -0.25) is 4.79 Å². The number of halogens is 2. The van der Waals surface area contributed by atoms with E-state index in [2.05, 4.69) is 4.98 Å². The molecule has 3 rings (SSSR count). The van der Waals surface area contributed by atoms with Crippen LogP contribution in [-0.4, -0.2) is 17.4 Å². The minimum atomic E-state index is -0.995. The number of benzene rings is 1. The highest BCUT2D eigenvalue weighted by Crippen LogP contribution is 2.29. The van der Waals surface area contributed by atoms with Gasteiger partial charge in [0.25, 0.3) is 5.91 Å². The molecule has 2 heterocycles. The van der Waals surface area contributed by atoms with Gasteiger partial charge in [-0.15, -0.1) is 11.3 Å². The number of aromatic nitrogens is 1. The molecule has 0 bridgehead atoms. The molecule has 1 amide bonds. The summed E-state index contributed by atoms with van der Waals surface area (Å²) in [6.45, 7) is 3.85. The summed E-state index contributed by atoms with van der Waals surface area (Å²) in [4.78, 5) is 19.2. The predicted molar refractivity (Wildman–Crippen MR) is 88.3 cm³/mol. The van der Waals surface area contributed by atoms with E-state index in [1.54, 1.807) is 26.0 Å². The maximum absolute atomic E-state index is 13.5. The van der Waals surface area contributed by atoms with Gasteiger partial charge >= 0.3 is 0 Å². The summed E-state index contributed by atoms with van der Waals surface area (Å²) in [5.74, 6) is -1.73. The molecule has 124 valence electrons. The van der Waals surface area contributed by atoms with Gasteiger partial charge in [-0.25, -0.2) is 13.8 Å². The largest absolute Gasteiger partial charge is 0.462 e. The summed E-state index contributed by atoms with van der Waals surface area (Å²) in [6.07, 6.45) is 1.53. The zero-order valence-electron chi connectivity index (χ0n) is 13.0. The monoisotopic (exact) mass is 348 g/mol. The highest BCUT2D eigenvalue weighted by molar-refractivity contribution is 7.15. The minimum absolute atomic E-state index is 0.276. The molecule has 7 heteroatoms. The molecule has 0 N–H and O–H groups in total. The Morgan fingerprint density at radius 1 is 1.29 bits per heavy atom. The van der Waals surface area contributed by atoms with E-state index in [1.807, 2.05) is 0 Å². The normalized spacial score (nSPS) is 10.8. The van der Waals surface area contributed by atoms with Crippen LogP contribution in [0.3, 0.4) is 0 Å². The van der Waals surface area contributed by atoms with E-state index in [9.17, 15) is 13.6 Å². The molecule has 0 spiro atoms. The molecule has 0 aliphatic carbocycles. The summed E-state index contributed by atoms with van der Waals surface area (Å²) in [7, 11) is 0. The molecular weight excluding hydrogens is 334 g/mol. The number of carbonyl (C=O) groups excluding carboxylic acids is 1. The maximum atomic E-state index is 13.5. The van der Waals surface area contributed by atoms with Crippen molar-refractivity contribution in [3.05, 3.63) is 58.8 Å². The number of hydrogen-bond donors (Lipinski definition) is 0. The Morgan fingerprint density at radius 3 is 2.71 bits per heavy atom. The second-order valence-corrected chi connectivity index (χ2v) is 6.25. The quantitative estimate of drug-likeness (QED) is 0.689. The predicted octanol–water partition coefficient (Wildman–Crippen LogP) is 4.66. The molecule has 0 fully saturated rings. The van der Waals surface area contributed by atoms with Crippen LogP contribution in [0, 0.1) is 18.6 Å². The number of aryl methyl sites for hydroxylation is 1. The fourth-order valence-electron chi connectivity index (χ4n) is 2.32. The lowest BCUT2D eigenvalue weighted by molar-refractivity contribution is 0.0983. The van der Waals surface area contributed by atoms with Gasteiger partial charge in [0.05, 0.1) is 6.26 Å². The van der Waals surface area contributed by atoms with E-state index in [0.29, 0.717) is 17.3 Å². The van der Waals surface area contributed by atoms with Gasteiger partial charge in [-0.05, 0) is 38.1 Å². The van der Waals surface area contributed by atoms with Gasteiger partial charge in [0, 0.05) is 23.2 Å². The standard InChI is InChI=1S/C17H14F2N2O2S/c1-3-21(11-6-7-12(18)13(19)9-11)17(22)15-10(2)24-16(20-15)14-5-4-8-23-14/h4-9H,3H2,1-2H3. The summed E-state index contributed by atoms with van der Waals surface area (Å²) in [5, 5.41) is 0.599. The van der Waals surface area contributed by atoms with Gasteiger partial charge in [0.1, 0.15) is 5.69 Å². The van der Waals surface area contributed by atoms with Crippen molar-refractivity contribution < 1.29 is 18.0 Å². The number of hydrogen-bond acceptors (Lipinski definition) is 4. The van der Waals surface area contributed by atoms with Gasteiger partial charge in [-0.1, -0.05) is 0 Å². The average Bonchev–Trinajstić information content (AvgIpc) is 3.20. The van der Waals surface area contributed by atoms with Crippen molar-refractivity contribution in [2.75, 3.05) is 11.4 Å². The fourth-order valence-corrected chi connectivity index (χ4v) is 3.20. The molecule has 0 unspecified atom stereocenters. The molecule has 0 radical (unpaired) electrons. The van der Waals surface area contributed by atoms with Crippen molar-refractivity contribution in [2.45, 2.75) is 13.8 Å². The van der Waals surface area contributed by atoms with Gasteiger partial charge in [0.15, 0.2) is 22.4 Å². The zero-order valence-corrected chi connectivity index (χ0v) is 13.9. The number of carbonyl (C=O) groups is 1. The van der Waals surface area contributed by atoms with E-state index in [-0.39, 0.29) is 17.3 Å². The Labute approximate surface area is 141 Å². The van der Waals surface area contributed by atoms with Crippen molar-refractivity contribution in [3.63, 3.8) is 0 Å². The molecule has 3 aromatic rings. The van der Waals surface area contributed by atoms with Crippen molar-refractivity contribution in [1.29, 1.82) is 0 Å². The third-order valence-electron chi connectivity index (χ3n) is 3.51. The van der Waals surface area contributed by atoms with E-state index >= 15 is 0 Å². The maximum Gasteiger partial charge on any atom is 0.278 e. The highest BCUT2D eigenvalue weighted by Gasteiger charge is 2.23. The smallest absolute Gasteiger partial charge is 0.278 e. The third kappa shape index (κ3) is 2.94. The second kappa shape index (κ2) is 6.52. The van der Waals surface area contributed by atoms with Gasteiger partial charge in [0.2, 0.25) is 0 Å². The van der Waals surface area contributed by atoms with Crippen molar-refractivity contribution in [3.8, 4) is 10.8 Å². The van der Waals surface area contributed by atoms with Crippen LogP contribution in [0.25, 0.3) is 10.8 Å². The van der Waals surface area contributed by atoms with Crippen LogP contribution in [0.15, 0.2) is 41.0 Å². The molecule has 0 aliphatic heterocycles. The molecule has 24 heavy (non-hydrogen) atoms. The van der Waals surface area contributed by atoms with Crippen molar-refractivity contribution in [2.24, 2.45) is 0 Å². The third-order valence-corrected chi connectivity index (χ3v) is 4.49. The Kier molecular flexibility index (Phi) is 4.44. The fraction of sp³-hybridized carbons (Fsp3) is 0.176.